The highest BCUT2D eigenvalue weighted by molar-refractivity contribution is 5.75. The van der Waals surface area contributed by atoms with Crippen molar-refractivity contribution in [1.29, 1.82) is 0 Å². The molecule has 0 bridgehead atoms. The Morgan fingerprint density at radius 2 is 1.67 bits per heavy atom. The molecular weight excluding hydrogens is 308 g/mol. The number of fused-ring (bicyclic) bond motifs is 1. The van der Waals surface area contributed by atoms with Crippen LogP contribution >= 0.6 is 0 Å². The van der Waals surface area contributed by atoms with E-state index in [9.17, 15) is 9.90 Å². The summed E-state index contributed by atoms with van der Waals surface area (Å²) in [5.41, 5.74) is 2.13. The first-order valence-electron chi connectivity index (χ1n) is 8.02. The van der Waals surface area contributed by atoms with Crippen molar-refractivity contribution in [2.75, 3.05) is 13.4 Å². The highest BCUT2D eigenvalue weighted by Crippen LogP contribution is 2.35. The van der Waals surface area contributed by atoms with E-state index >= 15 is 0 Å². The Balaban J connectivity index is 1.49. The molecule has 1 saturated heterocycles. The number of esters is 1. The summed E-state index contributed by atoms with van der Waals surface area (Å²) < 4.78 is 16.0. The number of benzene rings is 2. The topological polar surface area (TPSA) is 65.0 Å². The number of rotatable bonds is 4. The molecule has 2 heterocycles. The fourth-order valence-electron chi connectivity index (χ4n) is 3.31. The van der Waals surface area contributed by atoms with Gasteiger partial charge in [-0.25, -0.2) is 0 Å². The van der Waals surface area contributed by atoms with Crippen LogP contribution in [0.1, 0.15) is 11.1 Å². The molecule has 0 unspecified atom stereocenters. The van der Waals surface area contributed by atoms with E-state index in [1.165, 1.54) is 0 Å². The lowest BCUT2D eigenvalue weighted by molar-refractivity contribution is -0.141. The van der Waals surface area contributed by atoms with Gasteiger partial charge in [-0.05, 0) is 48.2 Å². The minimum Gasteiger partial charge on any atom is -0.508 e. The van der Waals surface area contributed by atoms with Gasteiger partial charge in [0.25, 0.3) is 0 Å². The molecule has 4 rings (SSSR count). The first-order valence-corrected chi connectivity index (χ1v) is 8.02. The number of carbonyl (C=O) groups is 1. The SMILES string of the molecule is O=C1OC[C@@H](Cc2ccc3c(c2)OCO3)[C@@H]1Cc1ccc(O)cc1. The van der Waals surface area contributed by atoms with Gasteiger partial charge in [0.1, 0.15) is 5.75 Å². The molecule has 2 aromatic carbocycles. The van der Waals surface area contributed by atoms with Crippen LogP contribution in [-0.4, -0.2) is 24.5 Å². The van der Waals surface area contributed by atoms with E-state index in [0.29, 0.717) is 13.0 Å². The van der Waals surface area contributed by atoms with Crippen LogP contribution in [0.25, 0.3) is 0 Å². The van der Waals surface area contributed by atoms with Gasteiger partial charge in [0, 0.05) is 5.92 Å². The van der Waals surface area contributed by atoms with Crippen LogP contribution in [0.5, 0.6) is 17.2 Å². The van der Waals surface area contributed by atoms with Crippen molar-refractivity contribution in [2.45, 2.75) is 12.8 Å². The van der Waals surface area contributed by atoms with Gasteiger partial charge < -0.3 is 19.3 Å². The number of hydrogen-bond donors (Lipinski definition) is 1. The maximum absolute atomic E-state index is 12.1. The minimum atomic E-state index is -0.167. The first-order chi connectivity index (χ1) is 11.7. The molecule has 124 valence electrons. The third-order valence-electron chi connectivity index (χ3n) is 4.64. The molecule has 5 nitrogen and oxygen atoms in total. The second-order valence-electron chi connectivity index (χ2n) is 6.26. The number of aromatic hydroxyl groups is 1. The van der Waals surface area contributed by atoms with Crippen LogP contribution < -0.4 is 9.47 Å². The zero-order chi connectivity index (χ0) is 16.5. The minimum absolute atomic E-state index is 0.131. The van der Waals surface area contributed by atoms with Crippen LogP contribution in [0.15, 0.2) is 42.5 Å². The van der Waals surface area contributed by atoms with Crippen molar-refractivity contribution in [3.63, 3.8) is 0 Å². The van der Waals surface area contributed by atoms with Crippen molar-refractivity contribution in [2.24, 2.45) is 11.8 Å². The van der Waals surface area contributed by atoms with Crippen LogP contribution in [-0.2, 0) is 22.4 Å². The Bertz CT molecular complexity index is 753. The Hall–Kier alpha value is -2.69. The molecule has 1 fully saturated rings. The summed E-state index contributed by atoms with van der Waals surface area (Å²) >= 11 is 0. The molecular formula is C19H18O5. The lowest BCUT2D eigenvalue weighted by Crippen LogP contribution is -2.20. The molecule has 24 heavy (non-hydrogen) atoms. The van der Waals surface area contributed by atoms with Gasteiger partial charge in [0.15, 0.2) is 11.5 Å². The van der Waals surface area contributed by atoms with Gasteiger partial charge in [0.2, 0.25) is 6.79 Å². The smallest absolute Gasteiger partial charge is 0.309 e. The summed E-state index contributed by atoms with van der Waals surface area (Å²) in [6, 6.07) is 12.9. The Morgan fingerprint density at radius 1 is 0.917 bits per heavy atom. The lowest BCUT2D eigenvalue weighted by Gasteiger charge is -2.15. The highest BCUT2D eigenvalue weighted by Gasteiger charge is 2.37. The molecule has 0 aliphatic carbocycles. The number of phenolic OH excluding ortho intramolecular Hbond substituents is 1. The van der Waals surface area contributed by atoms with Gasteiger partial charge in [-0.2, -0.15) is 0 Å². The van der Waals surface area contributed by atoms with Crippen LogP contribution in [0.3, 0.4) is 0 Å². The van der Waals surface area contributed by atoms with Crippen LogP contribution in [0.2, 0.25) is 0 Å². The predicted molar refractivity (Wildman–Crippen MR) is 86.0 cm³/mol. The zero-order valence-electron chi connectivity index (χ0n) is 13.1. The molecule has 0 amide bonds. The maximum Gasteiger partial charge on any atom is 0.309 e. The summed E-state index contributed by atoms with van der Waals surface area (Å²) in [7, 11) is 0. The van der Waals surface area contributed by atoms with Gasteiger partial charge in [-0.1, -0.05) is 18.2 Å². The van der Waals surface area contributed by atoms with E-state index in [1.807, 2.05) is 30.3 Å². The number of hydrogen-bond acceptors (Lipinski definition) is 5. The lowest BCUT2D eigenvalue weighted by atomic mass is 9.85. The largest absolute Gasteiger partial charge is 0.508 e. The van der Waals surface area contributed by atoms with Crippen molar-refractivity contribution in [1.82, 2.24) is 0 Å². The molecule has 0 aromatic heterocycles. The number of ether oxygens (including phenoxy) is 3. The highest BCUT2D eigenvalue weighted by atomic mass is 16.7. The van der Waals surface area contributed by atoms with Gasteiger partial charge in [-0.3, -0.25) is 4.79 Å². The van der Waals surface area contributed by atoms with E-state index in [0.717, 1.165) is 29.0 Å². The maximum atomic E-state index is 12.1. The van der Waals surface area contributed by atoms with Crippen molar-refractivity contribution in [3.8, 4) is 17.2 Å². The monoisotopic (exact) mass is 326 g/mol. The third-order valence-corrected chi connectivity index (χ3v) is 4.64. The third kappa shape index (κ3) is 2.89. The normalized spacial score (nSPS) is 21.8. The number of cyclic esters (lactones) is 1. The summed E-state index contributed by atoms with van der Waals surface area (Å²) in [6.45, 7) is 0.698. The number of carbonyl (C=O) groups excluding carboxylic acids is 1. The van der Waals surface area contributed by atoms with Crippen molar-refractivity contribution in [3.05, 3.63) is 53.6 Å². The fraction of sp³-hybridized carbons (Fsp3) is 0.316. The fourth-order valence-corrected chi connectivity index (χ4v) is 3.31. The molecule has 2 aromatic rings. The average molecular weight is 326 g/mol. The molecule has 2 atom stereocenters. The van der Waals surface area contributed by atoms with Crippen molar-refractivity contribution >= 4 is 5.97 Å². The Labute approximate surface area is 139 Å². The molecule has 5 heteroatoms. The summed E-state index contributed by atoms with van der Waals surface area (Å²) in [5, 5.41) is 9.38. The molecule has 2 aliphatic rings. The second-order valence-corrected chi connectivity index (χ2v) is 6.26. The zero-order valence-corrected chi connectivity index (χ0v) is 13.1. The Morgan fingerprint density at radius 3 is 2.50 bits per heavy atom. The first kappa shape index (κ1) is 14.9. The molecule has 1 N–H and O–H groups in total. The molecule has 0 spiro atoms. The van der Waals surface area contributed by atoms with E-state index < -0.39 is 0 Å². The van der Waals surface area contributed by atoms with Gasteiger partial charge >= 0.3 is 5.97 Å². The molecule has 2 aliphatic heterocycles. The van der Waals surface area contributed by atoms with E-state index in [-0.39, 0.29) is 30.3 Å². The second kappa shape index (κ2) is 6.07. The summed E-state index contributed by atoms with van der Waals surface area (Å²) in [4.78, 5) is 12.1. The van der Waals surface area contributed by atoms with E-state index in [2.05, 4.69) is 0 Å². The average Bonchev–Trinajstić information content (AvgIpc) is 3.18. The predicted octanol–water partition coefficient (Wildman–Crippen LogP) is 2.70. The summed E-state index contributed by atoms with van der Waals surface area (Å²) in [5.74, 6) is 1.57. The molecule has 0 radical (unpaired) electrons. The van der Waals surface area contributed by atoms with Gasteiger partial charge in [0.05, 0.1) is 12.5 Å². The summed E-state index contributed by atoms with van der Waals surface area (Å²) in [6.07, 6.45) is 1.37. The van der Waals surface area contributed by atoms with E-state index in [1.54, 1.807) is 12.1 Å². The van der Waals surface area contributed by atoms with Crippen LogP contribution in [0, 0.1) is 11.8 Å². The van der Waals surface area contributed by atoms with Gasteiger partial charge in [-0.15, -0.1) is 0 Å². The molecule has 0 saturated carbocycles. The number of phenols is 1. The quantitative estimate of drug-likeness (QED) is 0.875. The van der Waals surface area contributed by atoms with Crippen LogP contribution in [0.4, 0.5) is 0 Å². The standard InChI is InChI=1S/C19H18O5/c20-15-4-1-12(2-5-15)8-16-14(10-22-19(16)21)7-13-3-6-17-18(9-13)24-11-23-17/h1-6,9,14,16,20H,7-8,10-11H2/t14-,16+/m1/s1. The van der Waals surface area contributed by atoms with Crippen molar-refractivity contribution < 1.29 is 24.1 Å². The Kier molecular flexibility index (Phi) is 3.76. The van der Waals surface area contributed by atoms with E-state index in [4.69, 9.17) is 14.2 Å².